The third kappa shape index (κ3) is 3.34. The first kappa shape index (κ1) is 14.3. The highest BCUT2D eigenvalue weighted by Gasteiger charge is 2.05. The molecule has 0 saturated heterocycles. The van der Waals surface area contributed by atoms with Crippen LogP contribution in [0.3, 0.4) is 0 Å². The fourth-order valence-corrected chi connectivity index (χ4v) is 2.80. The highest BCUT2D eigenvalue weighted by Crippen LogP contribution is 2.28. The highest BCUT2D eigenvalue weighted by atomic mass is 79.9. The van der Waals surface area contributed by atoms with E-state index in [4.69, 9.17) is 11.6 Å². The Morgan fingerprint density at radius 3 is 2.33 bits per heavy atom. The van der Waals surface area contributed by atoms with E-state index in [1.54, 1.807) is 0 Å². The lowest BCUT2D eigenvalue weighted by atomic mass is 10.0. The van der Waals surface area contributed by atoms with Gasteiger partial charge in [-0.1, -0.05) is 51.8 Å². The number of hydrogen-bond acceptors (Lipinski definition) is 1. The van der Waals surface area contributed by atoms with Gasteiger partial charge in [0.2, 0.25) is 0 Å². The van der Waals surface area contributed by atoms with Gasteiger partial charge in [0.25, 0.3) is 0 Å². The molecule has 0 unspecified atom stereocenters. The van der Waals surface area contributed by atoms with E-state index in [-0.39, 0.29) is 0 Å². The molecule has 0 aliphatic rings. The first-order valence-corrected chi connectivity index (χ1v) is 7.79. The summed E-state index contributed by atoms with van der Waals surface area (Å²) in [6.07, 6.45) is 0. The molecule has 2 aromatic carbocycles. The van der Waals surface area contributed by atoms with Gasteiger partial charge in [-0.2, -0.15) is 0 Å². The first-order valence-electron chi connectivity index (χ1n) is 6.62. The van der Waals surface area contributed by atoms with Gasteiger partial charge >= 0.3 is 0 Å². The fourth-order valence-electron chi connectivity index (χ4n) is 2.27. The molecule has 0 radical (unpaired) electrons. The zero-order valence-corrected chi connectivity index (χ0v) is 13.8. The van der Waals surface area contributed by atoms with Crippen LogP contribution in [0, 0.1) is 6.92 Å². The second-order valence-corrected chi connectivity index (χ2v) is 6.25. The van der Waals surface area contributed by atoms with E-state index in [0.717, 1.165) is 37.6 Å². The van der Waals surface area contributed by atoms with Gasteiger partial charge in [0.15, 0.2) is 0 Å². The molecule has 0 aliphatic carbocycles. The number of nitrogens with zero attached hydrogens (tertiary/aromatic N) is 1. The summed E-state index contributed by atoms with van der Waals surface area (Å²) in [5, 5.41) is 0.747. The molecule has 1 heterocycles. The second-order valence-electron chi connectivity index (χ2n) is 4.90. The van der Waals surface area contributed by atoms with Gasteiger partial charge in [-0.25, -0.2) is 0 Å². The highest BCUT2D eigenvalue weighted by molar-refractivity contribution is 9.10. The number of aromatic nitrogens is 1. The zero-order valence-electron chi connectivity index (χ0n) is 11.5. The molecule has 3 rings (SSSR count). The summed E-state index contributed by atoms with van der Waals surface area (Å²) in [5.41, 5.74) is 5.36. The van der Waals surface area contributed by atoms with Gasteiger partial charge in [-0.15, -0.1) is 0 Å². The molecule has 0 bridgehead atoms. The van der Waals surface area contributed by atoms with E-state index >= 15 is 0 Å². The van der Waals surface area contributed by atoms with Crippen molar-refractivity contribution in [3.63, 3.8) is 0 Å². The Balaban J connectivity index is 2.10. The van der Waals surface area contributed by atoms with Crippen molar-refractivity contribution in [1.29, 1.82) is 0 Å². The lowest BCUT2D eigenvalue weighted by Crippen LogP contribution is -1.89. The summed E-state index contributed by atoms with van der Waals surface area (Å²) in [5.74, 6) is 0. The van der Waals surface area contributed by atoms with Crippen molar-refractivity contribution < 1.29 is 0 Å². The Hall–Kier alpha value is -1.64. The predicted octanol–water partition coefficient (Wildman–Crippen LogP) is 6.14. The quantitative estimate of drug-likeness (QED) is 0.536. The summed E-state index contributed by atoms with van der Waals surface area (Å²) in [6.45, 7) is 2.01. The van der Waals surface area contributed by atoms with Gasteiger partial charge in [0.1, 0.15) is 0 Å². The summed E-state index contributed by atoms with van der Waals surface area (Å²) >= 11 is 9.46. The van der Waals surface area contributed by atoms with Crippen molar-refractivity contribution in [3.05, 3.63) is 75.9 Å². The Labute approximate surface area is 137 Å². The average molecular weight is 359 g/mol. The smallest absolute Gasteiger partial charge is 0.0711 e. The maximum atomic E-state index is 5.96. The average Bonchev–Trinajstić information content (AvgIpc) is 2.47. The molecule has 0 fully saturated rings. The second kappa shape index (κ2) is 6.00. The van der Waals surface area contributed by atoms with E-state index in [9.17, 15) is 0 Å². The SMILES string of the molecule is Cc1cc(-c2ccc(Cl)cc2)cc(-c2cccc(Br)c2)n1. The van der Waals surface area contributed by atoms with Gasteiger partial charge in [0.05, 0.1) is 5.69 Å². The number of hydrogen-bond donors (Lipinski definition) is 0. The van der Waals surface area contributed by atoms with Crippen LogP contribution >= 0.6 is 27.5 Å². The van der Waals surface area contributed by atoms with Crippen LogP contribution in [0.1, 0.15) is 5.69 Å². The van der Waals surface area contributed by atoms with Crippen LogP contribution in [0.25, 0.3) is 22.4 Å². The monoisotopic (exact) mass is 357 g/mol. The maximum absolute atomic E-state index is 5.96. The molecule has 0 N–H and O–H groups in total. The Morgan fingerprint density at radius 1 is 0.857 bits per heavy atom. The normalized spacial score (nSPS) is 10.6. The van der Waals surface area contributed by atoms with E-state index in [2.05, 4.69) is 45.2 Å². The Morgan fingerprint density at radius 2 is 1.62 bits per heavy atom. The van der Waals surface area contributed by atoms with Crippen molar-refractivity contribution in [2.45, 2.75) is 6.92 Å². The van der Waals surface area contributed by atoms with E-state index in [1.165, 1.54) is 0 Å². The zero-order chi connectivity index (χ0) is 14.8. The van der Waals surface area contributed by atoms with Crippen molar-refractivity contribution in [1.82, 2.24) is 4.98 Å². The van der Waals surface area contributed by atoms with Gasteiger partial charge in [-0.3, -0.25) is 4.98 Å². The maximum Gasteiger partial charge on any atom is 0.0711 e. The van der Waals surface area contributed by atoms with Gasteiger partial charge in [-0.05, 0) is 54.4 Å². The van der Waals surface area contributed by atoms with Crippen molar-refractivity contribution in [2.75, 3.05) is 0 Å². The van der Waals surface area contributed by atoms with E-state index in [0.29, 0.717) is 0 Å². The number of rotatable bonds is 2. The van der Waals surface area contributed by atoms with Gasteiger partial charge < -0.3 is 0 Å². The van der Waals surface area contributed by atoms with Crippen LogP contribution in [0.2, 0.25) is 5.02 Å². The topological polar surface area (TPSA) is 12.9 Å². The predicted molar refractivity (Wildman–Crippen MR) is 92.6 cm³/mol. The van der Waals surface area contributed by atoms with E-state index in [1.807, 2.05) is 43.3 Å². The third-order valence-electron chi connectivity index (χ3n) is 3.25. The summed E-state index contributed by atoms with van der Waals surface area (Å²) in [4.78, 5) is 4.64. The van der Waals surface area contributed by atoms with Crippen LogP contribution in [0.15, 0.2) is 65.1 Å². The minimum atomic E-state index is 0.747. The number of halogens is 2. The molecule has 104 valence electrons. The molecule has 0 aliphatic heterocycles. The lowest BCUT2D eigenvalue weighted by molar-refractivity contribution is 1.21. The largest absolute Gasteiger partial charge is 0.253 e. The number of benzene rings is 2. The summed E-state index contributed by atoms with van der Waals surface area (Å²) in [6, 6.07) is 20.2. The number of pyridine rings is 1. The van der Waals surface area contributed by atoms with Crippen LogP contribution < -0.4 is 0 Å². The van der Waals surface area contributed by atoms with Crippen LogP contribution in [0.4, 0.5) is 0 Å². The van der Waals surface area contributed by atoms with Crippen LogP contribution in [-0.4, -0.2) is 4.98 Å². The van der Waals surface area contributed by atoms with Crippen LogP contribution in [-0.2, 0) is 0 Å². The molecule has 0 atom stereocenters. The summed E-state index contributed by atoms with van der Waals surface area (Å²) in [7, 11) is 0. The summed E-state index contributed by atoms with van der Waals surface area (Å²) < 4.78 is 1.05. The third-order valence-corrected chi connectivity index (χ3v) is 4.00. The molecule has 0 saturated carbocycles. The van der Waals surface area contributed by atoms with E-state index < -0.39 is 0 Å². The van der Waals surface area contributed by atoms with Crippen molar-refractivity contribution in [3.8, 4) is 22.4 Å². The minimum absolute atomic E-state index is 0.747. The minimum Gasteiger partial charge on any atom is -0.253 e. The lowest BCUT2D eigenvalue weighted by Gasteiger charge is -2.08. The Kier molecular flexibility index (Phi) is 4.09. The molecule has 3 aromatic rings. The Bertz CT molecular complexity index is 781. The molecule has 3 heteroatoms. The first-order chi connectivity index (χ1) is 10.1. The molecule has 1 nitrogen and oxygen atoms in total. The molecule has 1 aromatic heterocycles. The fraction of sp³-hybridized carbons (Fsp3) is 0.0556. The molecular weight excluding hydrogens is 346 g/mol. The molecule has 0 amide bonds. The number of aryl methyl sites for hydroxylation is 1. The molecule has 21 heavy (non-hydrogen) atoms. The van der Waals surface area contributed by atoms with Crippen molar-refractivity contribution in [2.24, 2.45) is 0 Å². The van der Waals surface area contributed by atoms with Gasteiger partial charge in [0, 0.05) is 20.8 Å². The van der Waals surface area contributed by atoms with Crippen LogP contribution in [0.5, 0.6) is 0 Å². The molecular formula is C18H13BrClN. The van der Waals surface area contributed by atoms with Crippen molar-refractivity contribution >= 4 is 27.5 Å². The molecule has 0 spiro atoms. The standard InChI is InChI=1S/C18H13BrClN/c1-12-9-15(13-5-7-17(20)8-6-13)11-18(21-12)14-3-2-4-16(19)10-14/h2-11H,1H3.